The first kappa shape index (κ1) is 19.6. The number of esters is 1. The second-order valence-corrected chi connectivity index (χ2v) is 5.52. The van der Waals surface area contributed by atoms with Gasteiger partial charge >= 0.3 is 5.97 Å². The Morgan fingerprint density at radius 1 is 1.15 bits per heavy atom. The van der Waals surface area contributed by atoms with Gasteiger partial charge in [-0.15, -0.1) is 0 Å². The second-order valence-electron chi connectivity index (χ2n) is 5.52. The van der Waals surface area contributed by atoms with E-state index in [2.05, 4.69) is 4.98 Å². The molecule has 26 heavy (non-hydrogen) atoms. The lowest BCUT2D eigenvalue weighted by atomic mass is 9.95. The van der Waals surface area contributed by atoms with Crippen LogP contribution in [0.25, 0.3) is 11.1 Å². The van der Waals surface area contributed by atoms with Crippen LogP contribution in [0.4, 0.5) is 0 Å². The lowest BCUT2D eigenvalue weighted by Crippen LogP contribution is -2.07. The number of rotatable bonds is 7. The van der Waals surface area contributed by atoms with Gasteiger partial charge in [0, 0.05) is 28.9 Å². The van der Waals surface area contributed by atoms with Gasteiger partial charge in [-0.2, -0.15) is 0 Å². The van der Waals surface area contributed by atoms with Crippen LogP contribution in [0.15, 0.2) is 12.1 Å². The summed E-state index contributed by atoms with van der Waals surface area (Å²) in [4.78, 5) is 15.1. The van der Waals surface area contributed by atoms with Crippen molar-refractivity contribution in [1.82, 2.24) is 4.98 Å². The van der Waals surface area contributed by atoms with E-state index in [9.17, 15) is 9.90 Å². The van der Waals surface area contributed by atoms with Crippen molar-refractivity contribution in [3.8, 4) is 28.4 Å². The number of carbonyl (C=O) groups excluding carboxylic acids is 1. The number of hydrogen-bond donors (Lipinski definition) is 3. The number of nitrogens with one attached hydrogen (secondary N) is 1. The summed E-state index contributed by atoms with van der Waals surface area (Å²) < 4.78 is 21.1. The van der Waals surface area contributed by atoms with Gasteiger partial charge < -0.3 is 34.8 Å². The number of aromatic amines is 1. The molecule has 4 N–H and O–H groups in total. The van der Waals surface area contributed by atoms with E-state index in [4.69, 9.17) is 24.7 Å². The molecule has 8 nitrogen and oxygen atoms in total. The molecule has 1 atom stereocenters. The van der Waals surface area contributed by atoms with Crippen LogP contribution in [0.1, 0.15) is 34.8 Å². The molecule has 142 valence electrons. The Labute approximate surface area is 151 Å². The summed E-state index contributed by atoms with van der Waals surface area (Å²) in [7, 11) is 5.79. The third-order valence-electron chi connectivity index (χ3n) is 4.10. The lowest BCUT2D eigenvalue weighted by Gasteiger charge is -2.18. The number of nitrogens with two attached hydrogens (primary N) is 1. The summed E-state index contributed by atoms with van der Waals surface area (Å²) in [6, 6.07) is 3.48. The van der Waals surface area contributed by atoms with Gasteiger partial charge in [-0.25, -0.2) is 4.79 Å². The molecule has 2 rings (SSSR count). The fourth-order valence-corrected chi connectivity index (χ4v) is 3.01. The maximum atomic E-state index is 12.1. The molecular formula is C18H24N2O6. The molecule has 0 radical (unpaired) electrons. The first-order valence-corrected chi connectivity index (χ1v) is 7.95. The Morgan fingerprint density at radius 3 is 2.27 bits per heavy atom. The molecule has 2 aromatic rings. The van der Waals surface area contributed by atoms with Gasteiger partial charge in [-0.3, -0.25) is 0 Å². The number of aromatic nitrogens is 1. The molecule has 1 heterocycles. The molecule has 0 aliphatic heterocycles. The SMILES string of the molecule is COC(=O)c1[nH]c(CN)c(-c2ccc(OC)c(OC)c2OC)c1C(C)O. The van der Waals surface area contributed by atoms with Crippen LogP contribution >= 0.6 is 0 Å². The van der Waals surface area contributed by atoms with Crippen molar-refractivity contribution in [2.75, 3.05) is 28.4 Å². The summed E-state index contributed by atoms with van der Waals surface area (Å²) in [5.74, 6) is 0.692. The second kappa shape index (κ2) is 8.11. The zero-order valence-corrected chi connectivity index (χ0v) is 15.5. The van der Waals surface area contributed by atoms with Crippen LogP contribution in [0.5, 0.6) is 17.2 Å². The van der Waals surface area contributed by atoms with Crippen molar-refractivity contribution in [2.45, 2.75) is 19.6 Å². The fourth-order valence-electron chi connectivity index (χ4n) is 3.01. The maximum Gasteiger partial charge on any atom is 0.354 e. The highest BCUT2D eigenvalue weighted by molar-refractivity contribution is 5.94. The molecule has 0 saturated heterocycles. The molecule has 0 aliphatic rings. The molecule has 1 aromatic heterocycles. The van der Waals surface area contributed by atoms with Crippen molar-refractivity contribution < 1.29 is 28.8 Å². The van der Waals surface area contributed by atoms with Crippen molar-refractivity contribution in [3.05, 3.63) is 29.1 Å². The van der Waals surface area contributed by atoms with Crippen molar-refractivity contribution >= 4 is 5.97 Å². The Morgan fingerprint density at radius 2 is 1.81 bits per heavy atom. The normalized spacial score (nSPS) is 11.8. The average Bonchev–Trinajstić information content (AvgIpc) is 3.05. The fraction of sp³-hybridized carbons (Fsp3) is 0.389. The van der Waals surface area contributed by atoms with E-state index in [1.807, 2.05) is 0 Å². The molecule has 0 amide bonds. The van der Waals surface area contributed by atoms with Crippen LogP contribution in [-0.2, 0) is 11.3 Å². The zero-order chi connectivity index (χ0) is 19.4. The quantitative estimate of drug-likeness (QED) is 0.644. The summed E-state index contributed by atoms with van der Waals surface area (Å²) in [5, 5.41) is 10.3. The molecule has 0 saturated carbocycles. The van der Waals surface area contributed by atoms with E-state index < -0.39 is 12.1 Å². The number of H-pyrrole nitrogens is 1. The predicted octanol–water partition coefficient (Wildman–Crippen LogP) is 2.01. The van der Waals surface area contributed by atoms with Crippen LogP contribution in [0.3, 0.4) is 0 Å². The molecule has 0 spiro atoms. The van der Waals surface area contributed by atoms with E-state index in [1.54, 1.807) is 19.1 Å². The standard InChI is InChI=1S/C18H24N2O6/c1-9(21)13-14(11(8-19)20-15(13)18(22)26-5)10-6-7-12(23-2)17(25-4)16(10)24-3/h6-7,9,20-21H,8,19H2,1-5H3. The van der Waals surface area contributed by atoms with Gasteiger partial charge in [-0.05, 0) is 19.1 Å². The van der Waals surface area contributed by atoms with Crippen LogP contribution in [0.2, 0.25) is 0 Å². The monoisotopic (exact) mass is 364 g/mol. The molecule has 1 aromatic carbocycles. The first-order valence-electron chi connectivity index (χ1n) is 7.95. The lowest BCUT2D eigenvalue weighted by molar-refractivity contribution is 0.0588. The number of aliphatic hydroxyl groups is 1. The number of ether oxygens (including phenoxy) is 4. The largest absolute Gasteiger partial charge is 0.493 e. The minimum Gasteiger partial charge on any atom is -0.493 e. The molecule has 0 aliphatic carbocycles. The number of benzene rings is 1. The van der Waals surface area contributed by atoms with Crippen molar-refractivity contribution in [2.24, 2.45) is 5.73 Å². The Bertz CT molecular complexity index is 797. The average molecular weight is 364 g/mol. The molecular weight excluding hydrogens is 340 g/mol. The van der Waals surface area contributed by atoms with E-state index in [0.29, 0.717) is 39.6 Å². The predicted molar refractivity (Wildman–Crippen MR) is 95.7 cm³/mol. The van der Waals surface area contributed by atoms with E-state index >= 15 is 0 Å². The highest BCUT2D eigenvalue weighted by atomic mass is 16.5. The zero-order valence-electron chi connectivity index (χ0n) is 15.5. The Balaban J connectivity index is 2.87. The van der Waals surface area contributed by atoms with Crippen LogP contribution in [0, 0.1) is 0 Å². The van der Waals surface area contributed by atoms with Gasteiger partial charge in [0.15, 0.2) is 11.5 Å². The van der Waals surface area contributed by atoms with Gasteiger partial charge in [0.2, 0.25) is 5.75 Å². The Hall–Kier alpha value is -2.71. The number of carbonyl (C=O) groups is 1. The number of hydrogen-bond acceptors (Lipinski definition) is 7. The van der Waals surface area contributed by atoms with Gasteiger partial charge in [-0.1, -0.05) is 0 Å². The Kier molecular flexibility index (Phi) is 6.12. The number of aliphatic hydroxyl groups excluding tert-OH is 1. The minimum absolute atomic E-state index is 0.115. The third kappa shape index (κ3) is 3.21. The summed E-state index contributed by atoms with van der Waals surface area (Å²) >= 11 is 0. The van der Waals surface area contributed by atoms with Crippen LogP contribution < -0.4 is 19.9 Å². The smallest absolute Gasteiger partial charge is 0.354 e. The summed E-state index contributed by atoms with van der Waals surface area (Å²) in [5.41, 5.74) is 8.13. The van der Waals surface area contributed by atoms with Crippen LogP contribution in [-0.4, -0.2) is 44.5 Å². The highest BCUT2D eigenvalue weighted by Gasteiger charge is 2.29. The molecule has 0 bridgehead atoms. The van der Waals surface area contributed by atoms with E-state index in [1.165, 1.54) is 28.4 Å². The topological polar surface area (TPSA) is 116 Å². The van der Waals surface area contributed by atoms with E-state index in [0.717, 1.165) is 0 Å². The van der Waals surface area contributed by atoms with Gasteiger partial charge in [0.1, 0.15) is 5.69 Å². The van der Waals surface area contributed by atoms with Crippen molar-refractivity contribution in [1.29, 1.82) is 0 Å². The molecule has 1 unspecified atom stereocenters. The van der Waals surface area contributed by atoms with Crippen molar-refractivity contribution in [3.63, 3.8) is 0 Å². The maximum absolute atomic E-state index is 12.1. The molecule has 8 heteroatoms. The number of methoxy groups -OCH3 is 4. The minimum atomic E-state index is -0.951. The first-order chi connectivity index (χ1) is 12.4. The highest BCUT2D eigenvalue weighted by Crippen LogP contribution is 2.47. The van der Waals surface area contributed by atoms with Gasteiger partial charge in [0.25, 0.3) is 0 Å². The molecule has 0 fully saturated rings. The summed E-state index contributed by atoms with van der Waals surface area (Å²) in [6.45, 7) is 1.68. The summed E-state index contributed by atoms with van der Waals surface area (Å²) in [6.07, 6.45) is -0.951. The van der Waals surface area contributed by atoms with Gasteiger partial charge in [0.05, 0.1) is 34.5 Å². The third-order valence-corrected chi connectivity index (χ3v) is 4.10. The van der Waals surface area contributed by atoms with E-state index in [-0.39, 0.29) is 12.2 Å².